The normalized spacial score (nSPS) is 14.6. The van der Waals surface area contributed by atoms with E-state index in [0.29, 0.717) is 17.7 Å². The molecule has 0 radical (unpaired) electrons. The van der Waals surface area contributed by atoms with Gasteiger partial charge in [-0.1, -0.05) is 18.2 Å². The number of carboxylic acid groups (broad SMARTS) is 1. The standard InChI is InChI=1S/C27H38N10O6/c1-14(38)22(25(41)36-21(26(42)43)10-16-12-31-13-34-16)37-24(40)20(9-15-11-33-19-7-3-2-5-17(15)19)35-23(39)18(28)6-4-8-32-27(29)30/h2-3,5,7,11-14,18,20-22,33,38H,4,6,8-10,28H2,1H3,(H,31,34)(H,35,39)(H,36,41)(H,37,40)(H,42,43)(H4,29,30,32). The van der Waals surface area contributed by atoms with E-state index in [1.54, 1.807) is 6.20 Å². The van der Waals surface area contributed by atoms with Crippen LogP contribution in [0.2, 0.25) is 0 Å². The lowest BCUT2D eigenvalue weighted by molar-refractivity contribution is -0.143. The predicted octanol–water partition coefficient (Wildman–Crippen LogP) is -2.02. The molecule has 13 N–H and O–H groups in total. The van der Waals surface area contributed by atoms with Crippen molar-refractivity contribution in [2.24, 2.45) is 22.2 Å². The first-order chi connectivity index (χ1) is 20.5. The van der Waals surface area contributed by atoms with Gasteiger partial charge in [-0.3, -0.25) is 19.4 Å². The van der Waals surface area contributed by atoms with Gasteiger partial charge in [0.05, 0.1) is 18.5 Å². The average molecular weight is 599 g/mol. The minimum Gasteiger partial charge on any atom is -0.480 e. The fourth-order valence-electron chi connectivity index (χ4n) is 4.40. The monoisotopic (exact) mass is 598 g/mol. The molecule has 0 saturated carbocycles. The van der Waals surface area contributed by atoms with Crippen molar-refractivity contribution in [2.75, 3.05) is 6.54 Å². The van der Waals surface area contributed by atoms with Crippen LogP contribution in [0.25, 0.3) is 10.9 Å². The van der Waals surface area contributed by atoms with E-state index in [9.17, 15) is 29.4 Å². The second-order valence-electron chi connectivity index (χ2n) is 10.1. The van der Waals surface area contributed by atoms with Crippen LogP contribution in [0.15, 0.2) is 48.0 Å². The number of aliphatic imine (C=N–C) groups is 1. The number of nitrogens with zero attached hydrogens (tertiary/aromatic N) is 2. The number of carbonyl (C=O) groups excluding carboxylic acids is 3. The molecule has 0 aliphatic carbocycles. The van der Waals surface area contributed by atoms with Crippen molar-refractivity contribution in [3.63, 3.8) is 0 Å². The van der Waals surface area contributed by atoms with Crippen molar-refractivity contribution in [1.29, 1.82) is 0 Å². The number of para-hydroxylation sites is 1. The number of fused-ring (bicyclic) bond motifs is 1. The molecule has 0 spiro atoms. The molecular formula is C27H38N10O6. The van der Waals surface area contributed by atoms with Crippen LogP contribution in [0.5, 0.6) is 0 Å². The van der Waals surface area contributed by atoms with E-state index in [0.717, 1.165) is 10.9 Å². The third kappa shape index (κ3) is 9.54. The highest BCUT2D eigenvalue weighted by atomic mass is 16.4. The Balaban J connectivity index is 1.77. The Labute approximate surface area is 246 Å². The number of amides is 3. The maximum absolute atomic E-state index is 13.6. The van der Waals surface area contributed by atoms with Crippen molar-refractivity contribution in [2.45, 2.75) is 62.9 Å². The third-order valence-electron chi connectivity index (χ3n) is 6.69. The average Bonchev–Trinajstić information content (AvgIpc) is 3.62. The lowest BCUT2D eigenvalue weighted by Crippen LogP contribution is -2.60. The summed E-state index contributed by atoms with van der Waals surface area (Å²) >= 11 is 0. The molecule has 43 heavy (non-hydrogen) atoms. The van der Waals surface area contributed by atoms with Crippen molar-refractivity contribution < 1.29 is 29.4 Å². The fraction of sp³-hybridized carbons (Fsp3) is 0.407. The molecule has 16 heteroatoms. The van der Waals surface area contributed by atoms with Crippen molar-refractivity contribution in [3.05, 3.63) is 54.2 Å². The van der Waals surface area contributed by atoms with Crippen LogP contribution < -0.4 is 33.2 Å². The van der Waals surface area contributed by atoms with Gasteiger partial charge in [-0.05, 0) is 31.4 Å². The Kier molecular flexibility index (Phi) is 11.6. The number of benzene rings is 1. The quantitative estimate of drug-likeness (QED) is 0.0490. The molecule has 3 aromatic rings. The van der Waals surface area contributed by atoms with E-state index in [1.807, 2.05) is 24.3 Å². The molecular weight excluding hydrogens is 560 g/mol. The number of carbonyl (C=O) groups is 4. The number of aliphatic hydroxyl groups is 1. The first kappa shape index (κ1) is 32.6. The molecule has 2 heterocycles. The molecule has 3 amide bonds. The van der Waals surface area contributed by atoms with E-state index in [-0.39, 0.29) is 31.8 Å². The number of aromatic amines is 2. The first-order valence-electron chi connectivity index (χ1n) is 13.6. The van der Waals surface area contributed by atoms with Gasteiger partial charge in [-0.15, -0.1) is 0 Å². The SMILES string of the molecule is CC(O)C(NC(=O)C(Cc1c[nH]c2ccccc12)NC(=O)C(N)CCCN=C(N)N)C(=O)NC(Cc1cnc[nH]1)C(=O)O. The lowest BCUT2D eigenvalue weighted by Gasteiger charge is -2.26. The van der Waals surface area contributed by atoms with Gasteiger partial charge in [0.25, 0.3) is 0 Å². The smallest absolute Gasteiger partial charge is 0.326 e. The van der Waals surface area contributed by atoms with Gasteiger partial charge in [0, 0.05) is 48.4 Å². The number of H-pyrrole nitrogens is 2. The summed E-state index contributed by atoms with van der Waals surface area (Å²) < 4.78 is 0. The topological polar surface area (TPSA) is 280 Å². The van der Waals surface area contributed by atoms with Gasteiger partial charge < -0.3 is 53.3 Å². The number of guanidine groups is 1. The summed E-state index contributed by atoms with van der Waals surface area (Å²) in [5.41, 5.74) is 18.7. The van der Waals surface area contributed by atoms with E-state index in [1.165, 1.54) is 19.4 Å². The largest absolute Gasteiger partial charge is 0.480 e. The number of aliphatic hydroxyl groups excluding tert-OH is 1. The lowest BCUT2D eigenvalue weighted by atomic mass is 10.0. The molecule has 232 valence electrons. The molecule has 0 fully saturated rings. The molecule has 0 aliphatic rings. The van der Waals surface area contributed by atoms with Gasteiger partial charge in [0.2, 0.25) is 17.7 Å². The summed E-state index contributed by atoms with van der Waals surface area (Å²) in [7, 11) is 0. The van der Waals surface area contributed by atoms with Crippen LogP contribution in [-0.2, 0) is 32.0 Å². The number of rotatable bonds is 16. The number of hydrogen-bond acceptors (Lipinski definition) is 8. The number of aromatic nitrogens is 3. The summed E-state index contributed by atoms with van der Waals surface area (Å²) in [6.45, 7) is 1.54. The maximum atomic E-state index is 13.6. The van der Waals surface area contributed by atoms with Crippen LogP contribution in [0, 0.1) is 0 Å². The minimum atomic E-state index is -1.54. The van der Waals surface area contributed by atoms with Gasteiger partial charge >= 0.3 is 5.97 Å². The molecule has 3 rings (SSSR count). The number of carboxylic acids is 1. The van der Waals surface area contributed by atoms with Crippen LogP contribution in [0.4, 0.5) is 0 Å². The van der Waals surface area contributed by atoms with E-state index in [4.69, 9.17) is 17.2 Å². The molecule has 1 aromatic carbocycles. The molecule has 5 atom stereocenters. The van der Waals surface area contributed by atoms with E-state index < -0.39 is 54.0 Å². The third-order valence-corrected chi connectivity index (χ3v) is 6.69. The van der Waals surface area contributed by atoms with Gasteiger partial charge in [-0.25, -0.2) is 9.78 Å². The van der Waals surface area contributed by atoms with Crippen LogP contribution in [-0.4, -0.2) is 91.6 Å². The summed E-state index contributed by atoms with van der Waals surface area (Å²) in [5, 5.41) is 28.3. The second-order valence-corrected chi connectivity index (χ2v) is 10.1. The Morgan fingerprint density at radius 2 is 1.72 bits per heavy atom. The summed E-state index contributed by atoms with van der Waals surface area (Å²) in [4.78, 5) is 65.0. The molecule has 0 saturated heterocycles. The van der Waals surface area contributed by atoms with Crippen molar-refractivity contribution in [1.82, 2.24) is 30.9 Å². The number of nitrogens with one attached hydrogen (secondary N) is 5. The fourth-order valence-corrected chi connectivity index (χ4v) is 4.40. The molecule has 0 aliphatic heterocycles. The highest BCUT2D eigenvalue weighted by molar-refractivity contribution is 5.95. The zero-order valence-corrected chi connectivity index (χ0v) is 23.6. The van der Waals surface area contributed by atoms with Gasteiger partial charge in [0.15, 0.2) is 5.96 Å². The Hall–Kier alpha value is -4.96. The Morgan fingerprint density at radius 1 is 1.00 bits per heavy atom. The molecule has 16 nitrogen and oxygen atoms in total. The summed E-state index contributed by atoms with van der Waals surface area (Å²) in [6, 6.07) is 2.29. The minimum absolute atomic E-state index is 0.0219. The number of hydrogen-bond donors (Lipinski definition) is 10. The van der Waals surface area contributed by atoms with Crippen LogP contribution >= 0.6 is 0 Å². The number of imidazole rings is 1. The summed E-state index contributed by atoms with van der Waals surface area (Å²) in [6.07, 6.45) is 3.64. The maximum Gasteiger partial charge on any atom is 0.326 e. The molecule has 2 aromatic heterocycles. The van der Waals surface area contributed by atoms with E-state index >= 15 is 0 Å². The second kappa shape index (κ2) is 15.3. The van der Waals surface area contributed by atoms with Crippen LogP contribution in [0.3, 0.4) is 0 Å². The first-order valence-corrected chi connectivity index (χ1v) is 13.6. The van der Waals surface area contributed by atoms with Crippen molar-refractivity contribution >= 4 is 40.6 Å². The Morgan fingerprint density at radius 3 is 2.37 bits per heavy atom. The highest BCUT2D eigenvalue weighted by Gasteiger charge is 2.33. The molecule has 0 bridgehead atoms. The van der Waals surface area contributed by atoms with Crippen molar-refractivity contribution in [3.8, 4) is 0 Å². The van der Waals surface area contributed by atoms with Gasteiger partial charge in [0.1, 0.15) is 18.1 Å². The predicted molar refractivity (Wildman–Crippen MR) is 157 cm³/mol. The van der Waals surface area contributed by atoms with E-state index in [2.05, 4.69) is 35.9 Å². The Bertz CT molecular complexity index is 1420. The number of aliphatic carboxylic acids is 1. The number of nitrogens with two attached hydrogens (primary N) is 3. The highest BCUT2D eigenvalue weighted by Crippen LogP contribution is 2.19. The molecule has 5 unspecified atom stereocenters. The summed E-state index contributed by atoms with van der Waals surface area (Å²) in [5.74, 6) is -3.73. The van der Waals surface area contributed by atoms with Crippen LogP contribution in [0.1, 0.15) is 31.0 Å². The zero-order chi connectivity index (χ0) is 31.5. The zero-order valence-electron chi connectivity index (χ0n) is 23.6. The van der Waals surface area contributed by atoms with Gasteiger partial charge in [-0.2, -0.15) is 0 Å².